The molecule has 21 heavy (non-hydrogen) atoms. The first-order chi connectivity index (χ1) is 10.4. The summed E-state index contributed by atoms with van der Waals surface area (Å²) in [6, 6.07) is 4.28. The molecule has 0 bridgehead atoms. The smallest absolute Gasteiger partial charge is 0.224 e. The van der Waals surface area contributed by atoms with E-state index in [4.69, 9.17) is 0 Å². The number of unbranched alkanes of at least 4 members (excludes halogenated alkanes) is 1. The van der Waals surface area contributed by atoms with E-state index in [1.54, 1.807) is 17.1 Å². The molecule has 112 valence electrons. The molecule has 0 saturated heterocycles. The van der Waals surface area contributed by atoms with Crippen LogP contribution in [-0.2, 0) is 0 Å². The Morgan fingerprint density at radius 1 is 1.38 bits per heavy atom. The summed E-state index contributed by atoms with van der Waals surface area (Å²) in [5.74, 6) is 2.31. The summed E-state index contributed by atoms with van der Waals surface area (Å²) >= 11 is 0. The van der Waals surface area contributed by atoms with Gasteiger partial charge in [0, 0.05) is 30.7 Å². The van der Waals surface area contributed by atoms with Gasteiger partial charge < -0.3 is 5.32 Å². The van der Waals surface area contributed by atoms with E-state index in [1.165, 1.54) is 38.5 Å². The highest BCUT2D eigenvalue weighted by molar-refractivity contribution is 5.32. The number of hydrogen-bond donors (Lipinski definition) is 1. The van der Waals surface area contributed by atoms with Gasteiger partial charge in [0.1, 0.15) is 0 Å². The molecule has 5 nitrogen and oxygen atoms in total. The van der Waals surface area contributed by atoms with Gasteiger partial charge in [-0.05, 0) is 31.2 Å². The minimum absolute atomic E-state index is 0.506. The summed E-state index contributed by atoms with van der Waals surface area (Å²) in [6.07, 6.45) is 13.2. The predicted molar refractivity (Wildman–Crippen MR) is 83.4 cm³/mol. The van der Waals surface area contributed by atoms with E-state index >= 15 is 0 Å². The van der Waals surface area contributed by atoms with Gasteiger partial charge in [0.2, 0.25) is 5.95 Å². The molecular formula is C16H23N5. The quantitative estimate of drug-likeness (QED) is 0.846. The molecule has 3 rings (SSSR count). The van der Waals surface area contributed by atoms with Crippen molar-refractivity contribution in [2.75, 3.05) is 5.32 Å². The molecule has 0 radical (unpaired) electrons. The molecule has 1 atom stereocenters. The molecule has 0 aromatic carbocycles. The maximum Gasteiger partial charge on any atom is 0.224 e. The third-order valence-electron chi connectivity index (χ3n) is 4.28. The van der Waals surface area contributed by atoms with Gasteiger partial charge >= 0.3 is 0 Å². The Hall–Kier alpha value is -1.91. The fourth-order valence-corrected chi connectivity index (χ4v) is 2.81. The van der Waals surface area contributed by atoms with Crippen LogP contribution >= 0.6 is 0 Å². The topological polar surface area (TPSA) is 55.6 Å². The Bertz CT molecular complexity index is 548. The van der Waals surface area contributed by atoms with E-state index in [9.17, 15) is 0 Å². The summed E-state index contributed by atoms with van der Waals surface area (Å²) in [7, 11) is 0. The lowest BCUT2D eigenvalue weighted by Gasteiger charge is -2.34. The summed E-state index contributed by atoms with van der Waals surface area (Å²) in [6.45, 7) is 2.24. The molecule has 0 spiro atoms. The number of nitrogens with zero attached hydrogens (tertiary/aromatic N) is 4. The highest BCUT2D eigenvalue weighted by Gasteiger charge is 2.27. The minimum Gasteiger partial charge on any atom is -0.351 e. The van der Waals surface area contributed by atoms with E-state index < -0.39 is 0 Å². The van der Waals surface area contributed by atoms with Crippen LogP contribution < -0.4 is 5.32 Å². The van der Waals surface area contributed by atoms with Gasteiger partial charge in [0.25, 0.3) is 0 Å². The van der Waals surface area contributed by atoms with Crippen molar-refractivity contribution in [2.24, 2.45) is 5.92 Å². The maximum absolute atomic E-state index is 4.58. The van der Waals surface area contributed by atoms with Gasteiger partial charge in [0.05, 0.1) is 0 Å². The Morgan fingerprint density at radius 2 is 2.29 bits per heavy atom. The summed E-state index contributed by atoms with van der Waals surface area (Å²) in [5, 5.41) is 7.77. The van der Waals surface area contributed by atoms with Crippen molar-refractivity contribution in [3.63, 3.8) is 0 Å². The standard InChI is InChI=1S/C16H23N5/c1-2-3-8-14(13-6-4-7-13)19-16-17-11-9-15(20-16)21-12-5-10-18-21/h5,9-14H,2-4,6-8H2,1H3,(H,17,19,20)/t14-/m1/s1. The van der Waals surface area contributed by atoms with Gasteiger partial charge in [-0.15, -0.1) is 0 Å². The van der Waals surface area contributed by atoms with Crippen LogP contribution in [0.3, 0.4) is 0 Å². The molecule has 5 heteroatoms. The molecule has 0 aliphatic heterocycles. The van der Waals surface area contributed by atoms with Crippen LogP contribution in [0.4, 0.5) is 5.95 Å². The first-order valence-corrected chi connectivity index (χ1v) is 7.96. The number of hydrogen-bond acceptors (Lipinski definition) is 4. The molecule has 1 N–H and O–H groups in total. The minimum atomic E-state index is 0.506. The van der Waals surface area contributed by atoms with Crippen molar-refractivity contribution in [3.05, 3.63) is 30.7 Å². The van der Waals surface area contributed by atoms with Crippen LogP contribution in [0.5, 0.6) is 0 Å². The normalized spacial score (nSPS) is 16.4. The zero-order chi connectivity index (χ0) is 14.5. The van der Waals surface area contributed by atoms with Crippen molar-refractivity contribution in [1.29, 1.82) is 0 Å². The lowest BCUT2D eigenvalue weighted by Crippen LogP contribution is -2.34. The van der Waals surface area contributed by atoms with Crippen LogP contribution in [0.2, 0.25) is 0 Å². The van der Waals surface area contributed by atoms with Crippen molar-refractivity contribution >= 4 is 5.95 Å². The molecule has 1 aliphatic rings. The lowest BCUT2D eigenvalue weighted by molar-refractivity contribution is 0.262. The second kappa shape index (κ2) is 6.70. The maximum atomic E-state index is 4.58. The fourth-order valence-electron chi connectivity index (χ4n) is 2.81. The van der Waals surface area contributed by atoms with E-state index in [2.05, 4.69) is 27.3 Å². The first kappa shape index (κ1) is 14.0. The highest BCUT2D eigenvalue weighted by Crippen LogP contribution is 2.33. The molecule has 1 saturated carbocycles. The van der Waals surface area contributed by atoms with Crippen molar-refractivity contribution < 1.29 is 0 Å². The molecule has 1 fully saturated rings. The van der Waals surface area contributed by atoms with Gasteiger partial charge in [0.15, 0.2) is 5.82 Å². The van der Waals surface area contributed by atoms with Crippen LogP contribution in [0.25, 0.3) is 5.82 Å². The highest BCUT2D eigenvalue weighted by atomic mass is 15.3. The molecular weight excluding hydrogens is 262 g/mol. The van der Waals surface area contributed by atoms with Crippen LogP contribution in [0.15, 0.2) is 30.7 Å². The van der Waals surface area contributed by atoms with Crippen LogP contribution in [0, 0.1) is 5.92 Å². The monoisotopic (exact) mass is 285 g/mol. The predicted octanol–water partition coefficient (Wildman–Crippen LogP) is 3.43. The van der Waals surface area contributed by atoms with Gasteiger partial charge in [-0.2, -0.15) is 10.1 Å². The summed E-state index contributed by atoms with van der Waals surface area (Å²) in [5.41, 5.74) is 0. The second-order valence-corrected chi connectivity index (χ2v) is 5.77. The first-order valence-electron chi connectivity index (χ1n) is 7.96. The third-order valence-corrected chi connectivity index (χ3v) is 4.28. The van der Waals surface area contributed by atoms with Crippen LogP contribution in [-0.4, -0.2) is 25.8 Å². The van der Waals surface area contributed by atoms with Crippen molar-refractivity contribution in [2.45, 2.75) is 51.5 Å². The molecule has 0 amide bonds. The number of aromatic nitrogens is 4. The largest absolute Gasteiger partial charge is 0.351 e. The van der Waals surface area contributed by atoms with E-state index in [0.29, 0.717) is 6.04 Å². The number of nitrogens with one attached hydrogen (secondary N) is 1. The van der Waals surface area contributed by atoms with Crippen LogP contribution in [0.1, 0.15) is 45.4 Å². The Balaban J connectivity index is 1.71. The van der Waals surface area contributed by atoms with Gasteiger partial charge in [-0.25, -0.2) is 9.67 Å². The van der Waals surface area contributed by atoms with E-state index in [1.807, 2.05) is 18.3 Å². The van der Waals surface area contributed by atoms with E-state index in [-0.39, 0.29) is 0 Å². The third kappa shape index (κ3) is 3.40. The van der Waals surface area contributed by atoms with Gasteiger partial charge in [-0.1, -0.05) is 26.2 Å². The molecule has 0 unspecified atom stereocenters. The Labute approximate surface area is 125 Å². The van der Waals surface area contributed by atoms with Gasteiger partial charge in [-0.3, -0.25) is 0 Å². The van der Waals surface area contributed by atoms with E-state index in [0.717, 1.165) is 17.7 Å². The lowest BCUT2D eigenvalue weighted by atomic mass is 9.78. The zero-order valence-electron chi connectivity index (χ0n) is 12.6. The molecule has 1 aliphatic carbocycles. The molecule has 2 aromatic heterocycles. The van der Waals surface area contributed by atoms with Crippen molar-refractivity contribution in [1.82, 2.24) is 19.7 Å². The molecule has 2 heterocycles. The average Bonchev–Trinajstić information content (AvgIpc) is 2.97. The fraction of sp³-hybridized carbons (Fsp3) is 0.562. The van der Waals surface area contributed by atoms with Crippen molar-refractivity contribution in [3.8, 4) is 5.82 Å². The summed E-state index contributed by atoms with van der Waals surface area (Å²) < 4.78 is 1.76. The SMILES string of the molecule is CCCC[C@@H](Nc1nccc(-n2cccn2)n1)C1CCC1. The number of anilines is 1. The second-order valence-electron chi connectivity index (χ2n) is 5.77. The Morgan fingerprint density at radius 3 is 2.95 bits per heavy atom. The molecule has 2 aromatic rings. The average molecular weight is 285 g/mol. The Kier molecular flexibility index (Phi) is 4.48. The summed E-state index contributed by atoms with van der Waals surface area (Å²) in [4.78, 5) is 8.96. The zero-order valence-corrected chi connectivity index (χ0v) is 12.6. The number of rotatable bonds is 7.